The Bertz CT molecular complexity index is 350. The molecule has 0 fully saturated rings. The molecule has 0 bridgehead atoms. The number of nitrogens with two attached hydrogens (primary N) is 1. The van der Waals surface area contributed by atoms with Crippen molar-refractivity contribution >= 4 is 0 Å². The molecular weight excluding hydrogens is 215 g/mol. The van der Waals surface area contributed by atoms with Crippen LogP contribution < -0.4 is 5.73 Å². The second-order valence-electron chi connectivity index (χ2n) is 5.47. The molecular formula is C14H23FN2. The zero-order chi connectivity index (χ0) is 12.9. The van der Waals surface area contributed by atoms with Crippen LogP contribution in [0.5, 0.6) is 0 Å². The lowest BCUT2D eigenvalue weighted by Gasteiger charge is -2.30. The van der Waals surface area contributed by atoms with E-state index >= 15 is 0 Å². The Morgan fingerprint density at radius 1 is 1.29 bits per heavy atom. The summed E-state index contributed by atoms with van der Waals surface area (Å²) in [5.41, 5.74) is 6.51. The van der Waals surface area contributed by atoms with Gasteiger partial charge >= 0.3 is 0 Å². The Hall–Kier alpha value is -0.930. The van der Waals surface area contributed by atoms with Crippen LogP contribution in [0.4, 0.5) is 4.39 Å². The lowest BCUT2D eigenvalue weighted by atomic mass is 9.89. The largest absolute Gasteiger partial charge is 0.330 e. The molecule has 0 spiro atoms. The zero-order valence-electron chi connectivity index (χ0n) is 11.0. The first-order valence-corrected chi connectivity index (χ1v) is 6.06. The van der Waals surface area contributed by atoms with Crippen molar-refractivity contribution in [1.82, 2.24) is 4.90 Å². The minimum Gasteiger partial charge on any atom is -0.330 e. The molecule has 0 aliphatic heterocycles. The van der Waals surface area contributed by atoms with E-state index in [4.69, 9.17) is 5.73 Å². The van der Waals surface area contributed by atoms with E-state index in [1.54, 1.807) is 6.07 Å². The molecule has 0 atom stereocenters. The normalized spacial score (nSPS) is 12.1. The highest BCUT2D eigenvalue weighted by atomic mass is 19.1. The maximum atomic E-state index is 13.5. The van der Waals surface area contributed by atoms with Gasteiger partial charge < -0.3 is 10.6 Å². The third kappa shape index (κ3) is 4.84. The highest BCUT2D eigenvalue weighted by Gasteiger charge is 2.19. The van der Waals surface area contributed by atoms with Gasteiger partial charge in [0.15, 0.2) is 0 Å². The van der Waals surface area contributed by atoms with Gasteiger partial charge in [0.2, 0.25) is 0 Å². The van der Waals surface area contributed by atoms with Crippen molar-refractivity contribution in [3.05, 3.63) is 35.6 Å². The molecule has 2 N–H and O–H groups in total. The van der Waals surface area contributed by atoms with Gasteiger partial charge in [-0.05, 0) is 31.5 Å². The van der Waals surface area contributed by atoms with Crippen molar-refractivity contribution in [1.29, 1.82) is 0 Å². The molecule has 0 amide bonds. The fourth-order valence-corrected chi connectivity index (χ4v) is 2.17. The Morgan fingerprint density at radius 2 is 1.94 bits per heavy atom. The first kappa shape index (κ1) is 14.1. The molecule has 1 aromatic rings. The smallest absolute Gasteiger partial charge is 0.127 e. The third-order valence-electron chi connectivity index (χ3n) is 2.92. The summed E-state index contributed by atoms with van der Waals surface area (Å²) in [6.07, 6.45) is 0.981. The van der Waals surface area contributed by atoms with E-state index in [2.05, 4.69) is 18.7 Å². The van der Waals surface area contributed by atoms with E-state index in [1.165, 1.54) is 6.07 Å². The van der Waals surface area contributed by atoms with Gasteiger partial charge in [0.05, 0.1) is 0 Å². The molecule has 0 heterocycles. The molecule has 2 nitrogen and oxygen atoms in total. The summed E-state index contributed by atoms with van der Waals surface area (Å²) in [5, 5.41) is 0. The van der Waals surface area contributed by atoms with Gasteiger partial charge in [-0.15, -0.1) is 0 Å². The van der Waals surface area contributed by atoms with Crippen molar-refractivity contribution in [3.8, 4) is 0 Å². The van der Waals surface area contributed by atoms with Crippen LogP contribution in [-0.4, -0.2) is 25.0 Å². The standard InChI is InChI=1S/C14H23FN2/c1-14(2,8-9-16)11-17(3)10-12-6-4-5-7-13(12)15/h4-7H,8-11,16H2,1-3H3. The molecule has 0 saturated heterocycles. The summed E-state index contributed by atoms with van der Waals surface area (Å²) in [7, 11) is 2.02. The number of halogens is 1. The quantitative estimate of drug-likeness (QED) is 0.825. The van der Waals surface area contributed by atoms with E-state index in [9.17, 15) is 4.39 Å². The van der Waals surface area contributed by atoms with E-state index in [1.807, 2.05) is 19.2 Å². The summed E-state index contributed by atoms with van der Waals surface area (Å²) in [5.74, 6) is -0.129. The lowest BCUT2D eigenvalue weighted by Crippen LogP contribution is -2.32. The van der Waals surface area contributed by atoms with Crippen LogP contribution in [0.15, 0.2) is 24.3 Å². The predicted molar refractivity (Wildman–Crippen MR) is 70.2 cm³/mol. The van der Waals surface area contributed by atoms with E-state index in [0.29, 0.717) is 13.1 Å². The molecule has 0 radical (unpaired) electrons. The molecule has 0 aromatic heterocycles. The SMILES string of the molecule is CN(Cc1ccccc1F)CC(C)(C)CCN. The summed E-state index contributed by atoms with van der Waals surface area (Å²) >= 11 is 0. The Kier molecular flexibility index (Phi) is 5.09. The molecule has 0 saturated carbocycles. The number of rotatable bonds is 6. The molecule has 17 heavy (non-hydrogen) atoms. The molecule has 3 heteroatoms. The van der Waals surface area contributed by atoms with Crippen molar-refractivity contribution in [3.63, 3.8) is 0 Å². The van der Waals surface area contributed by atoms with E-state index < -0.39 is 0 Å². The van der Waals surface area contributed by atoms with E-state index in [0.717, 1.165) is 18.5 Å². The summed E-state index contributed by atoms with van der Waals surface area (Å²) in [6, 6.07) is 6.93. The highest BCUT2D eigenvalue weighted by molar-refractivity contribution is 5.17. The van der Waals surface area contributed by atoms with Crippen LogP contribution in [0, 0.1) is 11.2 Å². The fraction of sp³-hybridized carbons (Fsp3) is 0.571. The number of hydrogen-bond acceptors (Lipinski definition) is 2. The Morgan fingerprint density at radius 3 is 2.53 bits per heavy atom. The van der Waals surface area contributed by atoms with Crippen molar-refractivity contribution in [2.24, 2.45) is 11.1 Å². The van der Waals surface area contributed by atoms with Crippen LogP contribution in [0.2, 0.25) is 0 Å². The Balaban J connectivity index is 2.55. The molecule has 0 unspecified atom stereocenters. The van der Waals surface area contributed by atoms with Crippen LogP contribution in [-0.2, 0) is 6.54 Å². The predicted octanol–water partition coefficient (Wildman–Crippen LogP) is 2.63. The maximum Gasteiger partial charge on any atom is 0.127 e. The highest BCUT2D eigenvalue weighted by Crippen LogP contribution is 2.21. The molecule has 0 aliphatic rings. The Labute approximate surface area is 104 Å². The zero-order valence-corrected chi connectivity index (χ0v) is 11.0. The topological polar surface area (TPSA) is 29.3 Å². The van der Waals surface area contributed by atoms with Crippen LogP contribution in [0.3, 0.4) is 0 Å². The first-order chi connectivity index (χ1) is 7.94. The van der Waals surface area contributed by atoms with Crippen LogP contribution >= 0.6 is 0 Å². The minimum absolute atomic E-state index is 0.129. The summed E-state index contributed by atoms with van der Waals surface area (Å²) in [6.45, 7) is 6.63. The van der Waals surface area contributed by atoms with Crippen molar-refractivity contribution in [2.75, 3.05) is 20.1 Å². The summed E-state index contributed by atoms with van der Waals surface area (Å²) < 4.78 is 13.5. The first-order valence-electron chi connectivity index (χ1n) is 6.06. The number of nitrogens with zero attached hydrogens (tertiary/aromatic N) is 1. The van der Waals surface area contributed by atoms with Crippen LogP contribution in [0.25, 0.3) is 0 Å². The fourth-order valence-electron chi connectivity index (χ4n) is 2.17. The van der Waals surface area contributed by atoms with Gasteiger partial charge in [0, 0.05) is 18.7 Å². The van der Waals surface area contributed by atoms with Crippen molar-refractivity contribution in [2.45, 2.75) is 26.8 Å². The summed E-state index contributed by atoms with van der Waals surface area (Å²) in [4.78, 5) is 2.15. The van der Waals surface area contributed by atoms with Gasteiger partial charge in [0.1, 0.15) is 5.82 Å². The monoisotopic (exact) mass is 238 g/mol. The van der Waals surface area contributed by atoms with Gasteiger partial charge in [-0.3, -0.25) is 0 Å². The third-order valence-corrected chi connectivity index (χ3v) is 2.92. The molecule has 0 aliphatic carbocycles. The van der Waals surface area contributed by atoms with Gasteiger partial charge in [-0.25, -0.2) is 4.39 Å². The lowest BCUT2D eigenvalue weighted by molar-refractivity contribution is 0.193. The molecule has 1 rings (SSSR count). The van der Waals surface area contributed by atoms with Gasteiger partial charge in [-0.2, -0.15) is 0 Å². The van der Waals surface area contributed by atoms with E-state index in [-0.39, 0.29) is 11.2 Å². The average molecular weight is 238 g/mol. The number of hydrogen-bond donors (Lipinski definition) is 1. The molecule has 96 valence electrons. The maximum absolute atomic E-state index is 13.5. The van der Waals surface area contributed by atoms with Crippen molar-refractivity contribution < 1.29 is 4.39 Å². The average Bonchev–Trinajstić information content (AvgIpc) is 2.20. The minimum atomic E-state index is -0.129. The van der Waals surface area contributed by atoms with Crippen LogP contribution in [0.1, 0.15) is 25.8 Å². The van der Waals surface area contributed by atoms with Gasteiger partial charge in [-0.1, -0.05) is 32.0 Å². The second-order valence-corrected chi connectivity index (χ2v) is 5.47. The van der Waals surface area contributed by atoms with Gasteiger partial charge in [0.25, 0.3) is 0 Å². The second kappa shape index (κ2) is 6.12. The molecule has 1 aromatic carbocycles. The number of benzene rings is 1.